The van der Waals surface area contributed by atoms with Crippen LogP contribution in [0.25, 0.3) is 0 Å². The molecule has 24 heavy (non-hydrogen) atoms. The van der Waals surface area contributed by atoms with E-state index in [0.29, 0.717) is 31.6 Å². The van der Waals surface area contributed by atoms with Crippen LogP contribution < -0.4 is 10.6 Å². The van der Waals surface area contributed by atoms with Crippen LogP contribution in [0.5, 0.6) is 0 Å². The molecule has 1 aliphatic rings. The highest BCUT2D eigenvalue weighted by Crippen LogP contribution is 2.26. The summed E-state index contributed by atoms with van der Waals surface area (Å²) in [5, 5.41) is 6.56. The van der Waals surface area contributed by atoms with Crippen LogP contribution in [0.2, 0.25) is 0 Å². The number of hydrogen-bond acceptors (Lipinski definition) is 3. The number of aliphatic imine (C=N–C) groups is 1. The lowest BCUT2D eigenvalue weighted by atomic mass is 9.84. The van der Waals surface area contributed by atoms with Crippen molar-refractivity contribution in [3.63, 3.8) is 0 Å². The Morgan fingerprint density at radius 1 is 1.12 bits per heavy atom. The summed E-state index contributed by atoms with van der Waals surface area (Å²) < 4.78 is 25.8. The zero-order valence-electron chi connectivity index (χ0n) is 15.5. The molecule has 0 saturated heterocycles. The van der Waals surface area contributed by atoms with Crippen molar-refractivity contribution in [2.75, 3.05) is 32.4 Å². The van der Waals surface area contributed by atoms with Gasteiger partial charge in [-0.1, -0.05) is 27.2 Å². The molecule has 0 heterocycles. The van der Waals surface area contributed by atoms with Crippen LogP contribution in [0, 0.1) is 5.92 Å². The van der Waals surface area contributed by atoms with Crippen LogP contribution in [-0.2, 0) is 10.0 Å². The van der Waals surface area contributed by atoms with Gasteiger partial charge in [0.2, 0.25) is 10.0 Å². The molecule has 2 N–H and O–H groups in total. The molecule has 0 spiro atoms. The molecule has 1 saturated carbocycles. The number of sulfonamides is 1. The third kappa shape index (κ3) is 7.86. The molecule has 8 heteroatoms. The summed E-state index contributed by atoms with van der Waals surface area (Å²) in [4.78, 5) is 4.21. The smallest absolute Gasteiger partial charge is 0.215 e. The Morgan fingerprint density at radius 3 is 2.17 bits per heavy atom. The molecular weight excluding hydrogens is 439 g/mol. The van der Waals surface area contributed by atoms with Crippen molar-refractivity contribution in [2.45, 2.75) is 58.9 Å². The zero-order chi connectivity index (χ0) is 17.3. The highest BCUT2D eigenvalue weighted by molar-refractivity contribution is 14.0. The fraction of sp³-hybridized carbons (Fsp3) is 0.938. The first-order valence-electron chi connectivity index (χ1n) is 8.91. The van der Waals surface area contributed by atoms with Gasteiger partial charge in [0.25, 0.3) is 0 Å². The van der Waals surface area contributed by atoms with Crippen LogP contribution in [0.1, 0.15) is 52.9 Å². The summed E-state index contributed by atoms with van der Waals surface area (Å²) in [6.07, 6.45) is 6.12. The Balaban J connectivity index is 0.00000529. The van der Waals surface area contributed by atoms with Gasteiger partial charge in [-0.2, -0.15) is 0 Å². The van der Waals surface area contributed by atoms with Gasteiger partial charge in [0.1, 0.15) is 0 Å². The third-order valence-electron chi connectivity index (χ3n) is 4.74. The van der Waals surface area contributed by atoms with E-state index < -0.39 is 10.0 Å². The predicted molar refractivity (Wildman–Crippen MR) is 113 cm³/mol. The van der Waals surface area contributed by atoms with E-state index in [-0.39, 0.29) is 29.7 Å². The highest BCUT2D eigenvalue weighted by Gasteiger charge is 2.21. The van der Waals surface area contributed by atoms with E-state index in [2.05, 4.69) is 22.5 Å². The van der Waals surface area contributed by atoms with Crippen LogP contribution in [0.4, 0.5) is 0 Å². The van der Waals surface area contributed by atoms with Crippen LogP contribution in [0.15, 0.2) is 4.99 Å². The maximum Gasteiger partial charge on any atom is 0.215 e. The standard InChI is InChI=1S/C16H34N4O2S.HI/c1-5-14-8-10-15(11-9-14)19-16(17-4)18-12-13-23(21,22)20(6-2)7-3;/h14-15H,5-13H2,1-4H3,(H2,17,18,19);1H. The average molecular weight is 474 g/mol. The Kier molecular flexibility index (Phi) is 12.2. The first-order valence-corrected chi connectivity index (χ1v) is 10.5. The maximum atomic E-state index is 12.1. The molecule has 0 aromatic carbocycles. The van der Waals surface area contributed by atoms with E-state index in [4.69, 9.17) is 0 Å². The molecule has 0 aromatic rings. The van der Waals surface area contributed by atoms with Crippen molar-refractivity contribution >= 4 is 40.0 Å². The molecule has 0 radical (unpaired) electrons. The molecule has 0 unspecified atom stereocenters. The first-order chi connectivity index (χ1) is 11.0. The van der Waals surface area contributed by atoms with Gasteiger partial charge in [-0.15, -0.1) is 24.0 Å². The van der Waals surface area contributed by atoms with Gasteiger partial charge in [0, 0.05) is 32.7 Å². The monoisotopic (exact) mass is 474 g/mol. The van der Waals surface area contributed by atoms with E-state index in [9.17, 15) is 8.42 Å². The molecule has 0 bridgehead atoms. The molecule has 1 rings (SSSR count). The molecule has 1 fully saturated rings. The Hall–Kier alpha value is -0.0900. The first kappa shape index (κ1) is 23.9. The summed E-state index contributed by atoms with van der Waals surface area (Å²) in [6.45, 7) is 7.40. The van der Waals surface area contributed by atoms with Crippen molar-refractivity contribution < 1.29 is 8.42 Å². The molecule has 6 nitrogen and oxygen atoms in total. The minimum Gasteiger partial charge on any atom is -0.355 e. The molecule has 0 atom stereocenters. The summed E-state index contributed by atoms with van der Waals surface area (Å²) >= 11 is 0. The van der Waals surface area contributed by atoms with Gasteiger partial charge < -0.3 is 10.6 Å². The van der Waals surface area contributed by atoms with E-state index in [0.717, 1.165) is 18.8 Å². The fourth-order valence-corrected chi connectivity index (χ4v) is 4.55. The number of guanidine groups is 1. The van der Waals surface area contributed by atoms with Gasteiger partial charge in [-0.25, -0.2) is 12.7 Å². The zero-order valence-corrected chi connectivity index (χ0v) is 18.7. The lowest BCUT2D eigenvalue weighted by Crippen LogP contribution is -2.46. The summed E-state index contributed by atoms with van der Waals surface area (Å²) in [5.74, 6) is 1.67. The van der Waals surface area contributed by atoms with E-state index in [1.54, 1.807) is 7.05 Å². The lowest BCUT2D eigenvalue weighted by Gasteiger charge is -2.29. The van der Waals surface area contributed by atoms with Gasteiger partial charge >= 0.3 is 0 Å². The Bertz CT molecular complexity index is 459. The molecule has 0 aliphatic heterocycles. The average Bonchev–Trinajstić information content (AvgIpc) is 2.55. The van der Waals surface area contributed by atoms with Gasteiger partial charge in [0.05, 0.1) is 5.75 Å². The summed E-state index contributed by atoms with van der Waals surface area (Å²) in [6, 6.07) is 0.448. The maximum absolute atomic E-state index is 12.1. The van der Waals surface area contributed by atoms with E-state index >= 15 is 0 Å². The molecule has 0 aromatic heterocycles. The molecular formula is C16H35IN4O2S. The SMILES string of the molecule is CCC1CCC(NC(=NC)NCCS(=O)(=O)N(CC)CC)CC1.I. The predicted octanol–water partition coefficient (Wildman–Crippen LogP) is 2.41. The van der Waals surface area contributed by atoms with Crippen LogP contribution in [0.3, 0.4) is 0 Å². The van der Waals surface area contributed by atoms with Crippen molar-refractivity contribution in [1.82, 2.24) is 14.9 Å². The van der Waals surface area contributed by atoms with Crippen LogP contribution >= 0.6 is 24.0 Å². The normalized spacial score (nSPS) is 22.1. The number of nitrogens with one attached hydrogen (secondary N) is 2. The minimum atomic E-state index is -3.18. The molecule has 1 aliphatic carbocycles. The largest absolute Gasteiger partial charge is 0.355 e. The summed E-state index contributed by atoms with van der Waals surface area (Å²) in [7, 11) is -1.45. The van der Waals surface area contributed by atoms with E-state index in [1.165, 1.54) is 23.6 Å². The minimum absolute atomic E-state index is 0. The Labute approximate surface area is 165 Å². The number of hydrogen-bond donors (Lipinski definition) is 2. The van der Waals surface area contributed by atoms with Gasteiger partial charge in [-0.05, 0) is 31.6 Å². The molecule has 0 amide bonds. The fourth-order valence-electron chi connectivity index (χ4n) is 3.15. The molecule has 144 valence electrons. The highest BCUT2D eigenvalue weighted by atomic mass is 127. The van der Waals surface area contributed by atoms with Crippen molar-refractivity contribution in [3.05, 3.63) is 0 Å². The number of rotatable bonds is 8. The Morgan fingerprint density at radius 2 is 1.71 bits per heavy atom. The second kappa shape index (κ2) is 12.3. The number of nitrogens with zero attached hydrogens (tertiary/aromatic N) is 2. The lowest BCUT2D eigenvalue weighted by molar-refractivity contribution is 0.304. The van der Waals surface area contributed by atoms with Crippen molar-refractivity contribution in [1.29, 1.82) is 0 Å². The van der Waals surface area contributed by atoms with Crippen molar-refractivity contribution in [3.8, 4) is 0 Å². The summed E-state index contributed by atoms with van der Waals surface area (Å²) in [5.41, 5.74) is 0. The van der Waals surface area contributed by atoms with E-state index in [1.807, 2.05) is 13.8 Å². The van der Waals surface area contributed by atoms with Crippen LogP contribution in [-0.4, -0.2) is 57.2 Å². The topological polar surface area (TPSA) is 73.8 Å². The van der Waals surface area contributed by atoms with Gasteiger partial charge in [0.15, 0.2) is 5.96 Å². The van der Waals surface area contributed by atoms with Gasteiger partial charge in [-0.3, -0.25) is 4.99 Å². The second-order valence-electron chi connectivity index (χ2n) is 6.17. The second-order valence-corrected chi connectivity index (χ2v) is 8.26. The number of halogens is 1. The third-order valence-corrected chi connectivity index (χ3v) is 6.76. The van der Waals surface area contributed by atoms with Crippen molar-refractivity contribution in [2.24, 2.45) is 10.9 Å². The quantitative estimate of drug-likeness (QED) is 0.322.